The molecule has 0 spiro atoms. The second-order valence-corrected chi connectivity index (χ2v) is 6.66. The van der Waals surface area contributed by atoms with E-state index in [0.29, 0.717) is 23.9 Å². The van der Waals surface area contributed by atoms with Crippen molar-refractivity contribution in [2.24, 2.45) is 0 Å². The Morgan fingerprint density at radius 2 is 1.96 bits per heavy atom. The second kappa shape index (κ2) is 9.55. The topological polar surface area (TPSA) is 84.7 Å². The van der Waals surface area contributed by atoms with Crippen LogP contribution in [0.4, 0.5) is 11.4 Å². The van der Waals surface area contributed by atoms with Gasteiger partial charge in [-0.2, -0.15) is 0 Å². The van der Waals surface area contributed by atoms with Crippen LogP contribution in [-0.4, -0.2) is 42.0 Å². The number of rotatable bonds is 8. The molecule has 2 rings (SSSR count). The number of amides is 1. The lowest BCUT2D eigenvalue weighted by atomic mass is 10.2. The summed E-state index contributed by atoms with van der Waals surface area (Å²) in [5.74, 6) is 0.241. The highest BCUT2D eigenvalue weighted by Gasteiger charge is 2.20. The Hall–Kier alpha value is -2.35. The zero-order valence-corrected chi connectivity index (χ0v) is 16.3. The fraction of sp³-hybridized carbons (Fsp3) is 0.278. The number of nitrogens with one attached hydrogen (secondary N) is 1. The van der Waals surface area contributed by atoms with Crippen molar-refractivity contribution in [3.05, 3.63) is 62.6 Å². The van der Waals surface area contributed by atoms with Gasteiger partial charge >= 0.3 is 0 Å². The number of carbonyl (C=O) groups is 1. The van der Waals surface area contributed by atoms with Crippen molar-refractivity contribution in [2.45, 2.75) is 13.0 Å². The molecule has 7 nitrogen and oxygen atoms in total. The summed E-state index contributed by atoms with van der Waals surface area (Å²) in [4.78, 5) is 24.5. The van der Waals surface area contributed by atoms with Crippen molar-refractivity contribution >= 4 is 40.5 Å². The highest BCUT2D eigenvalue weighted by molar-refractivity contribution is 6.33. The van der Waals surface area contributed by atoms with Gasteiger partial charge in [-0.3, -0.25) is 19.8 Å². The first kappa shape index (κ1) is 21.0. The van der Waals surface area contributed by atoms with Crippen LogP contribution in [0.5, 0.6) is 5.75 Å². The van der Waals surface area contributed by atoms with Gasteiger partial charge in [0.1, 0.15) is 12.4 Å². The lowest BCUT2D eigenvalue weighted by Crippen LogP contribution is -2.41. The van der Waals surface area contributed by atoms with E-state index in [9.17, 15) is 14.9 Å². The molecule has 0 aliphatic carbocycles. The average molecular weight is 412 g/mol. The van der Waals surface area contributed by atoms with E-state index in [1.54, 1.807) is 31.0 Å². The molecule has 0 radical (unpaired) electrons. The van der Waals surface area contributed by atoms with Gasteiger partial charge in [0.25, 0.3) is 5.69 Å². The fourth-order valence-corrected chi connectivity index (χ4v) is 2.57. The molecule has 0 heterocycles. The van der Waals surface area contributed by atoms with Crippen LogP contribution in [0.2, 0.25) is 10.0 Å². The molecule has 1 unspecified atom stereocenters. The van der Waals surface area contributed by atoms with Crippen molar-refractivity contribution in [1.29, 1.82) is 0 Å². The maximum atomic E-state index is 12.4. The normalized spacial score (nSPS) is 11.9. The molecule has 0 saturated carbocycles. The molecule has 0 saturated heterocycles. The molecule has 0 aromatic heterocycles. The average Bonchev–Trinajstić information content (AvgIpc) is 2.64. The van der Waals surface area contributed by atoms with E-state index < -0.39 is 11.0 Å². The first-order chi connectivity index (χ1) is 12.8. The lowest BCUT2D eigenvalue weighted by Gasteiger charge is -2.24. The maximum Gasteiger partial charge on any atom is 0.271 e. The predicted molar refractivity (Wildman–Crippen MR) is 106 cm³/mol. The number of carbonyl (C=O) groups excluding carboxylic acids is 1. The Bertz CT molecular complexity index is 832. The van der Waals surface area contributed by atoms with E-state index >= 15 is 0 Å². The van der Waals surface area contributed by atoms with Gasteiger partial charge < -0.3 is 10.1 Å². The molecule has 0 fully saturated rings. The van der Waals surface area contributed by atoms with Gasteiger partial charge in [-0.05, 0) is 32.2 Å². The molecule has 9 heteroatoms. The number of halogens is 2. The highest BCUT2D eigenvalue weighted by Crippen LogP contribution is 2.27. The molecule has 27 heavy (non-hydrogen) atoms. The summed E-state index contributed by atoms with van der Waals surface area (Å²) < 4.78 is 5.62. The lowest BCUT2D eigenvalue weighted by molar-refractivity contribution is -0.384. The predicted octanol–water partition coefficient (Wildman–Crippen LogP) is 4.24. The van der Waals surface area contributed by atoms with E-state index in [2.05, 4.69) is 5.32 Å². The Kier molecular flexibility index (Phi) is 7.41. The minimum absolute atomic E-state index is 0.149. The van der Waals surface area contributed by atoms with Gasteiger partial charge in [-0.1, -0.05) is 35.3 Å². The van der Waals surface area contributed by atoms with Gasteiger partial charge in [0.2, 0.25) is 5.91 Å². The monoisotopic (exact) mass is 411 g/mol. The number of hydrogen-bond donors (Lipinski definition) is 1. The van der Waals surface area contributed by atoms with Crippen LogP contribution >= 0.6 is 23.2 Å². The number of nitro benzene ring substituents is 1. The molecule has 1 N–H and O–H groups in total. The molecule has 0 aliphatic heterocycles. The Morgan fingerprint density at radius 3 is 2.63 bits per heavy atom. The Morgan fingerprint density at radius 1 is 1.26 bits per heavy atom. The molecule has 2 aromatic carbocycles. The van der Waals surface area contributed by atoms with Crippen LogP contribution in [0, 0.1) is 10.1 Å². The van der Waals surface area contributed by atoms with Crippen LogP contribution in [0.15, 0.2) is 42.5 Å². The van der Waals surface area contributed by atoms with Crippen LogP contribution in [0.1, 0.15) is 6.92 Å². The molecular weight excluding hydrogens is 393 g/mol. The standard InChI is InChI=1S/C18H19Cl2N3O4/c1-12(22(2)9-10-27-17-6-4-3-5-15(17)20)18(24)21-16-11-13(23(25)26)7-8-14(16)19/h3-8,11-12H,9-10H2,1-2H3,(H,21,24). The Labute approximate surface area is 167 Å². The van der Waals surface area contributed by atoms with Gasteiger partial charge in [0.15, 0.2) is 0 Å². The minimum atomic E-state index is -0.548. The summed E-state index contributed by atoms with van der Waals surface area (Å²) in [7, 11) is 1.77. The van der Waals surface area contributed by atoms with Gasteiger partial charge in [0.05, 0.1) is 26.7 Å². The van der Waals surface area contributed by atoms with Crippen LogP contribution < -0.4 is 10.1 Å². The maximum absolute atomic E-state index is 12.4. The molecule has 144 valence electrons. The number of nitro groups is 1. The number of anilines is 1. The third-order valence-corrected chi connectivity index (χ3v) is 4.64. The van der Waals surface area contributed by atoms with Crippen molar-refractivity contribution in [3.63, 3.8) is 0 Å². The summed E-state index contributed by atoms with van der Waals surface area (Å²) in [5, 5.41) is 14.2. The summed E-state index contributed by atoms with van der Waals surface area (Å²) in [6, 6.07) is 10.5. The highest BCUT2D eigenvalue weighted by atomic mass is 35.5. The summed E-state index contributed by atoms with van der Waals surface area (Å²) in [6.07, 6.45) is 0. The largest absolute Gasteiger partial charge is 0.491 e. The number of likely N-dealkylation sites (N-methyl/N-ethyl adjacent to an activating group) is 1. The number of ether oxygens (including phenoxy) is 1. The zero-order chi connectivity index (χ0) is 20.0. The number of nitrogens with zero attached hydrogens (tertiary/aromatic N) is 2. The quantitative estimate of drug-likeness (QED) is 0.518. The van der Waals surface area contributed by atoms with E-state index in [1.165, 1.54) is 18.2 Å². The number of para-hydroxylation sites is 1. The number of non-ortho nitro benzene ring substituents is 1. The zero-order valence-electron chi connectivity index (χ0n) is 14.8. The van der Waals surface area contributed by atoms with Crippen molar-refractivity contribution in [2.75, 3.05) is 25.5 Å². The van der Waals surface area contributed by atoms with Crippen LogP contribution in [0.25, 0.3) is 0 Å². The smallest absolute Gasteiger partial charge is 0.271 e. The van der Waals surface area contributed by atoms with Crippen molar-refractivity contribution < 1.29 is 14.5 Å². The first-order valence-electron chi connectivity index (χ1n) is 8.12. The van der Waals surface area contributed by atoms with Crippen molar-refractivity contribution in [3.8, 4) is 5.75 Å². The van der Waals surface area contributed by atoms with E-state index in [-0.39, 0.29) is 22.3 Å². The van der Waals surface area contributed by atoms with Gasteiger partial charge in [0, 0.05) is 18.7 Å². The SMILES string of the molecule is CC(C(=O)Nc1cc([N+](=O)[O-])ccc1Cl)N(C)CCOc1ccccc1Cl. The van der Waals surface area contributed by atoms with E-state index in [4.69, 9.17) is 27.9 Å². The molecule has 1 atom stereocenters. The Balaban J connectivity index is 1.91. The third kappa shape index (κ3) is 5.82. The number of hydrogen-bond acceptors (Lipinski definition) is 5. The molecule has 2 aromatic rings. The van der Waals surface area contributed by atoms with Gasteiger partial charge in [-0.25, -0.2) is 0 Å². The molecule has 0 bridgehead atoms. The molecular formula is C18H19Cl2N3O4. The van der Waals surface area contributed by atoms with E-state index in [0.717, 1.165) is 0 Å². The van der Waals surface area contributed by atoms with Crippen molar-refractivity contribution in [1.82, 2.24) is 4.90 Å². The van der Waals surface area contributed by atoms with Crippen LogP contribution in [0.3, 0.4) is 0 Å². The summed E-state index contributed by atoms with van der Waals surface area (Å²) in [6.45, 7) is 2.54. The molecule has 1 amide bonds. The fourth-order valence-electron chi connectivity index (χ4n) is 2.21. The van der Waals surface area contributed by atoms with E-state index in [1.807, 2.05) is 12.1 Å². The minimum Gasteiger partial charge on any atom is -0.491 e. The summed E-state index contributed by atoms with van der Waals surface area (Å²) >= 11 is 12.0. The first-order valence-corrected chi connectivity index (χ1v) is 8.87. The molecule has 0 aliphatic rings. The van der Waals surface area contributed by atoms with Gasteiger partial charge in [-0.15, -0.1) is 0 Å². The van der Waals surface area contributed by atoms with Crippen LogP contribution in [-0.2, 0) is 4.79 Å². The second-order valence-electron chi connectivity index (χ2n) is 5.85. The third-order valence-electron chi connectivity index (χ3n) is 4.00. The summed E-state index contributed by atoms with van der Waals surface area (Å²) in [5.41, 5.74) is 0.0484. The number of benzene rings is 2.